The minimum Gasteiger partial charge on any atom is -0.308 e. The Morgan fingerprint density at radius 1 is 1.00 bits per heavy atom. The van der Waals surface area contributed by atoms with Crippen molar-refractivity contribution in [2.24, 2.45) is 0 Å². The Morgan fingerprint density at radius 2 is 1.78 bits per heavy atom. The number of hydrogen-bond acceptors (Lipinski definition) is 5. The molecule has 2 N–H and O–H groups in total. The number of benzene rings is 2. The molecule has 0 aliphatic rings. The van der Waals surface area contributed by atoms with Gasteiger partial charge in [-0.25, -0.2) is 19.7 Å². The molecule has 0 aliphatic carbocycles. The van der Waals surface area contributed by atoms with Crippen molar-refractivity contribution in [2.75, 3.05) is 10.6 Å². The molecule has 2 aromatic carbocycles. The number of aromatic nitrogens is 3. The van der Waals surface area contributed by atoms with E-state index in [0.29, 0.717) is 5.69 Å². The van der Waals surface area contributed by atoms with Gasteiger partial charge < -0.3 is 10.6 Å². The molecule has 0 aliphatic heterocycles. The SMILES string of the molecule is CCc1nccc(-c2cccnc2Sc2ccc(NC(=O)Nc3cc(C(F)(F)F)ccc3Cl)cc2)n1. The molecule has 2 heterocycles. The van der Waals surface area contributed by atoms with Crippen LogP contribution in [0.3, 0.4) is 0 Å². The van der Waals surface area contributed by atoms with Crippen molar-refractivity contribution < 1.29 is 18.0 Å². The van der Waals surface area contributed by atoms with Gasteiger partial charge in [-0.3, -0.25) is 0 Å². The van der Waals surface area contributed by atoms with Gasteiger partial charge in [-0.1, -0.05) is 30.3 Å². The Kier molecular flexibility index (Phi) is 7.76. The number of carbonyl (C=O) groups excluding carboxylic acids is 1. The van der Waals surface area contributed by atoms with Crippen LogP contribution in [0.25, 0.3) is 11.3 Å². The summed E-state index contributed by atoms with van der Waals surface area (Å²) in [6.07, 6.45) is -0.406. The maximum atomic E-state index is 12.9. The summed E-state index contributed by atoms with van der Waals surface area (Å²) in [6.45, 7) is 1.99. The normalized spacial score (nSPS) is 11.2. The zero-order chi connectivity index (χ0) is 25.7. The second kappa shape index (κ2) is 11.0. The van der Waals surface area contributed by atoms with Crippen LogP contribution in [0.1, 0.15) is 18.3 Å². The largest absolute Gasteiger partial charge is 0.416 e. The smallest absolute Gasteiger partial charge is 0.308 e. The molecule has 0 radical (unpaired) electrons. The maximum absolute atomic E-state index is 12.9. The number of halogens is 4. The molecular weight excluding hydrogens is 511 g/mol. The van der Waals surface area contributed by atoms with Crippen molar-refractivity contribution >= 4 is 40.8 Å². The van der Waals surface area contributed by atoms with Gasteiger partial charge in [-0.15, -0.1) is 0 Å². The first-order chi connectivity index (χ1) is 17.2. The van der Waals surface area contributed by atoms with Crippen molar-refractivity contribution in [1.82, 2.24) is 15.0 Å². The molecule has 4 aromatic rings. The van der Waals surface area contributed by atoms with E-state index in [-0.39, 0.29) is 10.7 Å². The van der Waals surface area contributed by atoms with Crippen LogP contribution >= 0.6 is 23.4 Å². The van der Waals surface area contributed by atoms with Crippen LogP contribution in [-0.4, -0.2) is 21.0 Å². The first kappa shape index (κ1) is 25.5. The molecule has 0 atom stereocenters. The van der Waals surface area contributed by atoms with Gasteiger partial charge in [-0.05, 0) is 60.7 Å². The Bertz CT molecular complexity index is 1380. The van der Waals surface area contributed by atoms with Crippen LogP contribution in [0.5, 0.6) is 0 Å². The highest BCUT2D eigenvalue weighted by molar-refractivity contribution is 7.99. The van der Waals surface area contributed by atoms with E-state index in [9.17, 15) is 18.0 Å². The van der Waals surface area contributed by atoms with Crippen LogP contribution in [-0.2, 0) is 12.6 Å². The van der Waals surface area contributed by atoms with Crippen LogP contribution < -0.4 is 10.6 Å². The molecule has 4 rings (SSSR count). The Hall–Kier alpha value is -3.63. The molecule has 6 nitrogen and oxygen atoms in total. The van der Waals surface area contributed by atoms with Gasteiger partial charge in [0.1, 0.15) is 10.9 Å². The number of aryl methyl sites for hydroxylation is 1. The standard InChI is InChI=1S/C25H19ClF3N5OS/c1-2-22-30-13-11-20(33-22)18-4-3-12-31-23(18)36-17-8-6-16(7-9-17)32-24(35)34-21-14-15(25(27,28)29)5-10-19(21)26/h3-14H,2H2,1H3,(H2,32,34,35). The Labute approximate surface area is 214 Å². The summed E-state index contributed by atoms with van der Waals surface area (Å²) in [5.41, 5.74) is 1.05. The number of rotatable bonds is 6. The number of urea groups is 1. The zero-order valence-corrected chi connectivity index (χ0v) is 20.4. The summed E-state index contributed by atoms with van der Waals surface area (Å²) in [5.74, 6) is 0.743. The lowest BCUT2D eigenvalue weighted by atomic mass is 10.2. The third-order valence-electron chi connectivity index (χ3n) is 4.94. The highest BCUT2D eigenvalue weighted by Gasteiger charge is 2.31. The van der Waals surface area contributed by atoms with Crippen LogP contribution in [0, 0.1) is 0 Å². The number of anilines is 2. The summed E-state index contributed by atoms with van der Waals surface area (Å²) in [4.78, 5) is 26.5. The van der Waals surface area contributed by atoms with Gasteiger partial charge in [0.05, 0.1) is 22.0 Å². The third-order valence-corrected chi connectivity index (χ3v) is 6.29. The van der Waals surface area contributed by atoms with E-state index in [1.54, 1.807) is 36.7 Å². The van der Waals surface area contributed by atoms with Crippen molar-refractivity contribution in [3.8, 4) is 11.3 Å². The van der Waals surface area contributed by atoms with E-state index in [2.05, 4.69) is 25.6 Å². The molecule has 2 amide bonds. The van der Waals surface area contributed by atoms with Crippen LogP contribution in [0.4, 0.5) is 29.3 Å². The quantitative estimate of drug-likeness (QED) is 0.269. The fourth-order valence-electron chi connectivity index (χ4n) is 3.19. The van der Waals surface area contributed by atoms with Gasteiger partial charge in [0.25, 0.3) is 0 Å². The highest BCUT2D eigenvalue weighted by Crippen LogP contribution is 2.35. The van der Waals surface area contributed by atoms with Gasteiger partial charge in [0.2, 0.25) is 0 Å². The second-order valence-corrected chi connectivity index (χ2v) is 8.94. The van der Waals surface area contributed by atoms with Crippen LogP contribution in [0.15, 0.2) is 83.0 Å². The average Bonchev–Trinajstić information content (AvgIpc) is 2.86. The first-order valence-electron chi connectivity index (χ1n) is 10.7. The summed E-state index contributed by atoms with van der Waals surface area (Å²) in [7, 11) is 0. The van der Waals surface area contributed by atoms with E-state index in [0.717, 1.165) is 51.6 Å². The number of pyridine rings is 1. The van der Waals surface area contributed by atoms with Gasteiger partial charge in [-0.2, -0.15) is 13.2 Å². The van der Waals surface area contributed by atoms with E-state index < -0.39 is 17.8 Å². The zero-order valence-electron chi connectivity index (χ0n) is 18.8. The van der Waals surface area contributed by atoms with Crippen molar-refractivity contribution in [1.29, 1.82) is 0 Å². The van der Waals surface area contributed by atoms with E-state index in [1.165, 1.54) is 11.8 Å². The summed E-state index contributed by atoms with van der Waals surface area (Å²) >= 11 is 7.37. The average molecular weight is 530 g/mol. The van der Waals surface area contributed by atoms with E-state index in [4.69, 9.17) is 11.6 Å². The lowest BCUT2D eigenvalue weighted by molar-refractivity contribution is -0.137. The van der Waals surface area contributed by atoms with Crippen molar-refractivity contribution in [3.05, 3.63) is 89.5 Å². The predicted octanol–water partition coefficient (Wildman–Crippen LogP) is 7.57. The predicted molar refractivity (Wildman–Crippen MR) is 134 cm³/mol. The Morgan fingerprint density at radius 3 is 2.50 bits per heavy atom. The number of carbonyl (C=O) groups is 1. The third kappa shape index (κ3) is 6.32. The number of alkyl halides is 3. The molecule has 0 unspecified atom stereocenters. The van der Waals surface area contributed by atoms with Crippen LogP contribution in [0.2, 0.25) is 5.02 Å². The topological polar surface area (TPSA) is 79.8 Å². The number of hydrogen-bond donors (Lipinski definition) is 2. The summed E-state index contributed by atoms with van der Waals surface area (Å²) in [5, 5.41) is 5.69. The molecular formula is C25H19ClF3N5OS. The molecule has 0 spiro atoms. The molecule has 0 bridgehead atoms. The first-order valence-corrected chi connectivity index (χ1v) is 11.9. The van der Waals surface area contributed by atoms with Gasteiger partial charge in [0, 0.05) is 35.0 Å². The fraction of sp³-hybridized carbons (Fsp3) is 0.120. The van der Waals surface area contributed by atoms with E-state index >= 15 is 0 Å². The molecule has 0 fully saturated rings. The van der Waals surface area contributed by atoms with Crippen molar-refractivity contribution in [2.45, 2.75) is 29.4 Å². The monoisotopic (exact) mass is 529 g/mol. The minimum absolute atomic E-state index is 0.00851. The molecule has 11 heteroatoms. The summed E-state index contributed by atoms with van der Waals surface area (Å²) in [6, 6.07) is 14.6. The maximum Gasteiger partial charge on any atom is 0.416 e. The van der Waals surface area contributed by atoms with Gasteiger partial charge in [0.15, 0.2) is 0 Å². The fourth-order valence-corrected chi connectivity index (χ4v) is 4.24. The second-order valence-electron chi connectivity index (χ2n) is 7.47. The highest BCUT2D eigenvalue weighted by atomic mass is 35.5. The number of nitrogens with one attached hydrogen (secondary N) is 2. The molecule has 184 valence electrons. The lowest BCUT2D eigenvalue weighted by Gasteiger charge is -2.13. The number of amides is 2. The lowest BCUT2D eigenvalue weighted by Crippen LogP contribution is -2.20. The molecule has 0 saturated carbocycles. The van der Waals surface area contributed by atoms with Crippen molar-refractivity contribution in [3.63, 3.8) is 0 Å². The minimum atomic E-state index is -4.55. The Balaban J connectivity index is 1.44. The molecule has 36 heavy (non-hydrogen) atoms. The molecule has 2 aromatic heterocycles. The van der Waals surface area contributed by atoms with E-state index in [1.807, 2.05) is 25.1 Å². The summed E-state index contributed by atoms with van der Waals surface area (Å²) < 4.78 is 38.8. The van der Waals surface area contributed by atoms with Gasteiger partial charge >= 0.3 is 12.2 Å². The molecule has 0 saturated heterocycles. The number of nitrogens with zero attached hydrogens (tertiary/aromatic N) is 3.